The number of amides is 3. The van der Waals surface area contributed by atoms with Gasteiger partial charge in [0.25, 0.3) is 5.91 Å². The number of carbonyl (C=O) groups excluding carboxylic acids is 4. The van der Waals surface area contributed by atoms with Crippen LogP contribution in [-0.4, -0.2) is 55.8 Å². The number of hydrogen-bond donors (Lipinski definition) is 2. The molecule has 0 unspecified atom stereocenters. The highest BCUT2D eigenvalue weighted by atomic mass is 16.5. The number of esters is 1. The van der Waals surface area contributed by atoms with Gasteiger partial charge in [-0.05, 0) is 13.0 Å². The molecule has 2 N–H and O–H groups in total. The highest BCUT2D eigenvalue weighted by molar-refractivity contribution is 6.20. The molecule has 2 aromatic rings. The van der Waals surface area contributed by atoms with E-state index in [1.54, 1.807) is 7.05 Å². The molecule has 9 nitrogen and oxygen atoms in total. The van der Waals surface area contributed by atoms with Crippen molar-refractivity contribution in [3.8, 4) is 0 Å². The molecule has 172 valence electrons. The van der Waals surface area contributed by atoms with Gasteiger partial charge in [0.15, 0.2) is 0 Å². The van der Waals surface area contributed by atoms with Gasteiger partial charge in [-0.1, -0.05) is 48.5 Å². The van der Waals surface area contributed by atoms with Gasteiger partial charge >= 0.3 is 5.97 Å². The molecule has 0 aromatic heterocycles. The molecule has 1 aliphatic rings. The molecule has 0 fully saturated rings. The van der Waals surface area contributed by atoms with Crippen molar-refractivity contribution < 1.29 is 23.9 Å². The van der Waals surface area contributed by atoms with Crippen LogP contribution in [0, 0.1) is 0 Å². The summed E-state index contributed by atoms with van der Waals surface area (Å²) < 4.78 is 4.51. The van der Waals surface area contributed by atoms with E-state index in [1.807, 2.05) is 54.6 Å². The Balaban J connectivity index is 1.82. The summed E-state index contributed by atoms with van der Waals surface area (Å²) in [4.78, 5) is 55.2. The Labute approximate surface area is 191 Å². The van der Waals surface area contributed by atoms with E-state index in [1.165, 1.54) is 18.9 Å². The molecule has 3 amide bonds. The van der Waals surface area contributed by atoms with Gasteiger partial charge in [0.2, 0.25) is 18.0 Å². The van der Waals surface area contributed by atoms with Crippen LogP contribution in [0.15, 0.2) is 59.6 Å². The Morgan fingerprint density at radius 3 is 2.42 bits per heavy atom. The van der Waals surface area contributed by atoms with Crippen LogP contribution < -0.4 is 15.5 Å². The van der Waals surface area contributed by atoms with Crippen LogP contribution in [0.2, 0.25) is 0 Å². The number of nitrogens with zero attached hydrogens (tertiary/aromatic N) is 2. The maximum Gasteiger partial charge on any atom is 0.306 e. The van der Waals surface area contributed by atoms with E-state index in [0.29, 0.717) is 11.4 Å². The molecule has 0 spiro atoms. The van der Waals surface area contributed by atoms with Crippen LogP contribution >= 0.6 is 0 Å². The molecule has 2 atom stereocenters. The number of rotatable bonds is 7. The first-order valence-corrected chi connectivity index (χ1v) is 10.5. The number of methoxy groups -OCH3 is 1. The van der Waals surface area contributed by atoms with E-state index >= 15 is 0 Å². The minimum absolute atomic E-state index is 0.0917. The Morgan fingerprint density at radius 2 is 1.73 bits per heavy atom. The summed E-state index contributed by atoms with van der Waals surface area (Å²) in [7, 11) is 2.86. The second-order valence-electron chi connectivity index (χ2n) is 7.53. The van der Waals surface area contributed by atoms with Crippen molar-refractivity contribution in [2.45, 2.75) is 32.0 Å². The van der Waals surface area contributed by atoms with E-state index in [2.05, 4.69) is 20.4 Å². The number of aliphatic imine (C=N–C) groups is 1. The molecule has 0 aliphatic carbocycles. The molecule has 0 saturated carbocycles. The second kappa shape index (κ2) is 10.5. The number of hydrogen-bond acceptors (Lipinski definition) is 6. The summed E-state index contributed by atoms with van der Waals surface area (Å²) >= 11 is 0. The highest BCUT2D eigenvalue weighted by Crippen LogP contribution is 2.27. The third-order valence-corrected chi connectivity index (χ3v) is 5.22. The highest BCUT2D eigenvalue weighted by Gasteiger charge is 2.32. The van der Waals surface area contributed by atoms with Gasteiger partial charge in [-0.3, -0.25) is 19.2 Å². The zero-order valence-corrected chi connectivity index (χ0v) is 18.7. The van der Waals surface area contributed by atoms with E-state index in [9.17, 15) is 19.2 Å². The average molecular weight is 450 g/mol. The summed E-state index contributed by atoms with van der Waals surface area (Å²) in [5, 5.41) is 5.15. The SMILES string of the molecule is COC(=O)CCC(=O)N[C@@H](C)C(=O)N[C@H]1N=C(c2ccccc2)c2ccccc2N(C)C1=O. The smallest absolute Gasteiger partial charge is 0.306 e. The maximum absolute atomic E-state index is 13.1. The van der Waals surface area contributed by atoms with Gasteiger partial charge in [-0.15, -0.1) is 0 Å². The Bertz CT molecular complexity index is 1080. The standard InChI is InChI=1S/C24H26N4O5/c1-15(25-19(29)13-14-20(30)33-3)23(31)27-22-24(32)28(2)18-12-8-7-11-17(18)21(26-22)16-9-5-4-6-10-16/h4-12,15,22H,13-14H2,1-3H3,(H,25,29)(H,27,31)/t15-,22+/m0/s1. The van der Waals surface area contributed by atoms with E-state index in [4.69, 9.17) is 0 Å². The fourth-order valence-corrected chi connectivity index (χ4v) is 3.40. The predicted molar refractivity (Wildman–Crippen MR) is 123 cm³/mol. The van der Waals surface area contributed by atoms with Gasteiger partial charge in [-0.2, -0.15) is 0 Å². The van der Waals surface area contributed by atoms with E-state index < -0.39 is 35.9 Å². The first-order chi connectivity index (χ1) is 15.8. The minimum atomic E-state index is -1.18. The molecule has 9 heteroatoms. The number of anilines is 1. The fourth-order valence-electron chi connectivity index (χ4n) is 3.40. The molecular formula is C24H26N4O5. The summed E-state index contributed by atoms with van der Waals surface area (Å²) in [6.07, 6.45) is -1.38. The lowest BCUT2D eigenvalue weighted by atomic mass is 10.0. The number of carbonyl (C=O) groups is 4. The van der Waals surface area contributed by atoms with Crippen LogP contribution in [0.3, 0.4) is 0 Å². The molecule has 0 radical (unpaired) electrons. The van der Waals surface area contributed by atoms with Crippen molar-refractivity contribution in [3.63, 3.8) is 0 Å². The number of para-hydroxylation sites is 1. The normalized spacial score (nSPS) is 16.1. The van der Waals surface area contributed by atoms with Crippen LogP contribution in [0.4, 0.5) is 5.69 Å². The van der Waals surface area contributed by atoms with Crippen LogP contribution in [0.1, 0.15) is 30.9 Å². The fraction of sp³-hybridized carbons (Fsp3) is 0.292. The monoisotopic (exact) mass is 450 g/mol. The first kappa shape index (κ1) is 23.6. The van der Waals surface area contributed by atoms with Crippen LogP contribution in [0.25, 0.3) is 0 Å². The van der Waals surface area contributed by atoms with Crippen molar-refractivity contribution in [3.05, 3.63) is 65.7 Å². The van der Waals surface area contributed by atoms with Gasteiger partial charge in [0.05, 0.1) is 24.9 Å². The van der Waals surface area contributed by atoms with Crippen molar-refractivity contribution in [2.24, 2.45) is 4.99 Å². The maximum atomic E-state index is 13.1. The lowest BCUT2D eigenvalue weighted by Crippen LogP contribution is -2.52. The van der Waals surface area contributed by atoms with Crippen molar-refractivity contribution in [1.82, 2.24) is 10.6 Å². The summed E-state index contributed by atoms with van der Waals surface area (Å²) in [6, 6.07) is 15.8. The zero-order chi connectivity index (χ0) is 24.0. The topological polar surface area (TPSA) is 117 Å². The first-order valence-electron chi connectivity index (χ1n) is 10.5. The summed E-state index contributed by atoms with van der Waals surface area (Å²) in [5.41, 5.74) is 2.81. The Morgan fingerprint density at radius 1 is 1.06 bits per heavy atom. The van der Waals surface area contributed by atoms with Gasteiger partial charge in [0.1, 0.15) is 6.04 Å². The Hall–Kier alpha value is -4.01. The molecular weight excluding hydrogens is 424 g/mol. The lowest BCUT2D eigenvalue weighted by Gasteiger charge is -2.22. The van der Waals surface area contributed by atoms with E-state index in [0.717, 1.165) is 11.1 Å². The number of ether oxygens (including phenoxy) is 1. The number of benzene rings is 2. The van der Waals surface area contributed by atoms with Crippen molar-refractivity contribution in [1.29, 1.82) is 0 Å². The second-order valence-corrected chi connectivity index (χ2v) is 7.53. The van der Waals surface area contributed by atoms with Crippen molar-refractivity contribution >= 4 is 35.1 Å². The number of fused-ring (bicyclic) bond motifs is 1. The van der Waals surface area contributed by atoms with Crippen LogP contribution in [-0.2, 0) is 23.9 Å². The molecule has 33 heavy (non-hydrogen) atoms. The third kappa shape index (κ3) is 5.62. The lowest BCUT2D eigenvalue weighted by molar-refractivity contribution is -0.142. The number of benzodiazepines with no additional fused rings is 1. The predicted octanol–water partition coefficient (Wildman–Crippen LogP) is 1.40. The largest absolute Gasteiger partial charge is 0.469 e. The average Bonchev–Trinajstić information content (AvgIpc) is 2.93. The molecule has 0 bridgehead atoms. The van der Waals surface area contributed by atoms with E-state index in [-0.39, 0.29) is 12.8 Å². The zero-order valence-electron chi connectivity index (χ0n) is 18.7. The van der Waals surface area contributed by atoms with Gasteiger partial charge < -0.3 is 20.3 Å². The third-order valence-electron chi connectivity index (χ3n) is 5.22. The number of likely N-dealkylation sites (N-methyl/N-ethyl adjacent to an activating group) is 1. The summed E-state index contributed by atoms with van der Waals surface area (Å²) in [6.45, 7) is 1.49. The molecule has 1 heterocycles. The molecule has 1 aliphatic heterocycles. The van der Waals surface area contributed by atoms with Crippen LogP contribution in [0.5, 0.6) is 0 Å². The molecule has 3 rings (SSSR count). The number of nitrogens with one attached hydrogen (secondary N) is 2. The minimum Gasteiger partial charge on any atom is -0.469 e. The Kier molecular flexibility index (Phi) is 7.55. The van der Waals surface area contributed by atoms with Gasteiger partial charge in [0, 0.05) is 24.6 Å². The quantitative estimate of drug-likeness (QED) is 0.619. The molecule has 0 saturated heterocycles. The summed E-state index contributed by atoms with van der Waals surface area (Å²) in [5.74, 6) is -1.98. The van der Waals surface area contributed by atoms with Crippen molar-refractivity contribution in [2.75, 3.05) is 19.1 Å². The van der Waals surface area contributed by atoms with Gasteiger partial charge in [-0.25, -0.2) is 4.99 Å². The molecule has 2 aromatic carbocycles.